The van der Waals surface area contributed by atoms with E-state index in [1.807, 2.05) is 31.2 Å². The van der Waals surface area contributed by atoms with E-state index in [4.69, 9.17) is 4.74 Å². The zero-order valence-electron chi connectivity index (χ0n) is 16.2. The second-order valence-corrected chi connectivity index (χ2v) is 9.83. The maximum Gasteiger partial charge on any atom is 0.258 e. The quantitative estimate of drug-likeness (QED) is 0.599. The summed E-state index contributed by atoms with van der Waals surface area (Å²) in [7, 11) is -3.53. The van der Waals surface area contributed by atoms with Gasteiger partial charge in [0.05, 0.1) is 10.9 Å². The molecule has 0 saturated heterocycles. The van der Waals surface area contributed by atoms with Crippen molar-refractivity contribution >= 4 is 31.9 Å². The Balaban J connectivity index is 1.50. The van der Waals surface area contributed by atoms with Crippen LogP contribution in [0.15, 0.2) is 57.9 Å². The number of carbonyl (C=O) groups is 1. The van der Waals surface area contributed by atoms with Gasteiger partial charge in [0, 0.05) is 10.5 Å². The highest BCUT2D eigenvalue weighted by molar-refractivity contribution is 9.10. The van der Waals surface area contributed by atoms with E-state index >= 15 is 0 Å². The molecule has 0 aromatic heterocycles. The van der Waals surface area contributed by atoms with Crippen LogP contribution < -0.4 is 14.8 Å². The van der Waals surface area contributed by atoms with Gasteiger partial charge in [0.15, 0.2) is 6.61 Å². The number of ether oxygens (including phenoxy) is 1. The van der Waals surface area contributed by atoms with Crippen LogP contribution in [0.5, 0.6) is 5.75 Å². The third kappa shape index (κ3) is 6.29. The Morgan fingerprint density at radius 2 is 1.72 bits per heavy atom. The third-order valence-corrected chi connectivity index (χ3v) is 6.99. The average molecular weight is 481 g/mol. The number of hydrogen-bond acceptors (Lipinski definition) is 4. The summed E-state index contributed by atoms with van der Waals surface area (Å²) < 4.78 is 34.1. The van der Waals surface area contributed by atoms with Gasteiger partial charge in [-0.05, 0) is 61.7 Å². The zero-order chi connectivity index (χ0) is 20.9. The highest BCUT2D eigenvalue weighted by atomic mass is 79.9. The molecule has 0 aliphatic heterocycles. The first-order chi connectivity index (χ1) is 13.8. The van der Waals surface area contributed by atoms with Crippen LogP contribution in [-0.2, 0) is 14.8 Å². The van der Waals surface area contributed by atoms with Gasteiger partial charge < -0.3 is 10.1 Å². The van der Waals surface area contributed by atoms with Crippen molar-refractivity contribution in [1.82, 2.24) is 10.0 Å². The first-order valence-corrected chi connectivity index (χ1v) is 11.9. The Bertz CT molecular complexity index is 924. The van der Waals surface area contributed by atoms with Gasteiger partial charge in [-0.1, -0.05) is 40.9 Å². The first kappa shape index (κ1) is 21.8. The fourth-order valence-electron chi connectivity index (χ4n) is 3.31. The number of benzene rings is 2. The van der Waals surface area contributed by atoms with Crippen molar-refractivity contribution in [2.45, 2.75) is 49.6 Å². The van der Waals surface area contributed by atoms with Crippen molar-refractivity contribution in [3.05, 3.63) is 58.6 Å². The molecule has 1 unspecified atom stereocenters. The van der Waals surface area contributed by atoms with E-state index in [1.54, 1.807) is 12.1 Å². The van der Waals surface area contributed by atoms with Crippen molar-refractivity contribution in [3.63, 3.8) is 0 Å². The van der Waals surface area contributed by atoms with Gasteiger partial charge in [0.1, 0.15) is 5.75 Å². The summed E-state index contributed by atoms with van der Waals surface area (Å²) in [6.07, 6.45) is 3.88. The summed E-state index contributed by atoms with van der Waals surface area (Å²) in [6.45, 7) is 1.76. The number of carbonyl (C=O) groups excluding carboxylic acids is 1. The SMILES string of the molecule is CC(NC(=O)COc1ccc(S(=O)(=O)NC2CCCC2)cc1)c1ccc(Br)cc1. The van der Waals surface area contributed by atoms with Gasteiger partial charge in [0.25, 0.3) is 5.91 Å². The van der Waals surface area contributed by atoms with Crippen LogP contribution in [-0.4, -0.2) is 27.0 Å². The second-order valence-electron chi connectivity index (χ2n) is 7.20. The fourth-order valence-corrected chi connectivity index (χ4v) is 4.88. The molecule has 1 fully saturated rings. The molecule has 1 amide bonds. The van der Waals surface area contributed by atoms with Gasteiger partial charge in [-0.15, -0.1) is 0 Å². The Hall–Kier alpha value is -1.90. The van der Waals surface area contributed by atoms with Crippen LogP contribution in [0, 0.1) is 0 Å². The van der Waals surface area contributed by atoms with Crippen LogP contribution >= 0.6 is 15.9 Å². The van der Waals surface area contributed by atoms with Crippen LogP contribution in [0.25, 0.3) is 0 Å². The van der Waals surface area contributed by atoms with E-state index in [1.165, 1.54) is 12.1 Å². The van der Waals surface area contributed by atoms with Crippen LogP contribution in [0.1, 0.15) is 44.2 Å². The summed E-state index contributed by atoms with van der Waals surface area (Å²) in [5.41, 5.74) is 0.992. The van der Waals surface area contributed by atoms with Crippen LogP contribution in [0.2, 0.25) is 0 Å². The molecular weight excluding hydrogens is 456 g/mol. The predicted octanol–water partition coefficient (Wildman–Crippen LogP) is 3.93. The Labute approximate surface area is 180 Å². The van der Waals surface area contributed by atoms with Crippen LogP contribution in [0.3, 0.4) is 0 Å². The Morgan fingerprint density at radius 3 is 2.34 bits per heavy atom. The molecule has 2 N–H and O–H groups in total. The topological polar surface area (TPSA) is 84.5 Å². The molecule has 3 rings (SSSR count). The third-order valence-electron chi connectivity index (χ3n) is 4.93. The minimum atomic E-state index is -3.53. The Kier molecular flexibility index (Phi) is 7.32. The maximum absolute atomic E-state index is 12.4. The zero-order valence-corrected chi connectivity index (χ0v) is 18.6. The Morgan fingerprint density at radius 1 is 1.10 bits per heavy atom. The minimum Gasteiger partial charge on any atom is -0.484 e. The van der Waals surface area contributed by atoms with Gasteiger partial charge >= 0.3 is 0 Å². The van der Waals surface area contributed by atoms with Crippen molar-refractivity contribution in [3.8, 4) is 5.75 Å². The highest BCUT2D eigenvalue weighted by Gasteiger charge is 2.22. The minimum absolute atomic E-state index is 0.0207. The smallest absolute Gasteiger partial charge is 0.258 e. The van der Waals surface area contributed by atoms with E-state index < -0.39 is 10.0 Å². The lowest BCUT2D eigenvalue weighted by Crippen LogP contribution is -2.32. The molecule has 6 nitrogen and oxygen atoms in total. The van der Waals surface area contributed by atoms with Gasteiger partial charge in [-0.25, -0.2) is 13.1 Å². The van der Waals surface area contributed by atoms with Crippen molar-refractivity contribution < 1.29 is 17.9 Å². The number of sulfonamides is 1. The lowest BCUT2D eigenvalue weighted by atomic mass is 10.1. The number of nitrogens with one attached hydrogen (secondary N) is 2. The number of rotatable bonds is 8. The lowest BCUT2D eigenvalue weighted by molar-refractivity contribution is -0.123. The molecule has 0 radical (unpaired) electrons. The molecule has 29 heavy (non-hydrogen) atoms. The van der Waals surface area contributed by atoms with Gasteiger partial charge in [-0.3, -0.25) is 4.79 Å². The molecule has 0 spiro atoms. The molecule has 0 bridgehead atoms. The number of hydrogen-bond donors (Lipinski definition) is 2. The van der Waals surface area contributed by atoms with Crippen molar-refractivity contribution in [2.75, 3.05) is 6.61 Å². The highest BCUT2D eigenvalue weighted by Crippen LogP contribution is 2.22. The average Bonchev–Trinajstić information content (AvgIpc) is 3.19. The first-order valence-electron chi connectivity index (χ1n) is 9.63. The molecular formula is C21H25BrN2O4S. The van der Waals surface area contributed by atoms with E-state index in [-0.39, 0.29) is 29.5 Å². The van der Waals surface area contributed by atoms with Crippen molar-refractivity contribution in [1.29, 1.82) is 0 Å². The second kappa shape index (κ2) is 9.73. The number of amides is 1. The van der Waals surface area contributed by atoms with Crippen LogP contribution in [0.4, 0.5) is 0 Å². The molecule has 8 heteroatoms. The monoisotopic (exact) mass is 480 g/mol. The van der Waals surface area contributed by atoms with E-state index in [0.29, 0.717) is 5.75 Å². The fraction of sp³-hybridized carbons (Fsp3) is 0.381. The van der Waals surface area contributed by atoms with E-state index in [2.05, 4.69) is 26.0 Å². The van der Waals surface area contributed by atoms with Gasteiger partial charge in [0.2, 0.25) is 10.0 Å². The molecule has 1 atom stereocenters. The largest absolute Gasteiger partial charge is 0.484 e. The van der Waals surface area contributed by atoms with Crippen molar-refractivity contribution in [2.24, 2.45) is 0 Å². The molecule has 0 heterocycles. The summed E-state index contributed by atoms with van der Waals surface area (Å²) in [6, 6.07) is 13.7. The normalized spacial score (nSPS) is 15.8. The molecule has 2 aromatic carbocycles. The molecule has 1 aliphatic carbocycles. The molecule has 1 saturated carbocycles. The summed E-state index contributed by atoms with van der Waals surface area (Å²) in [5, 5.41) is 2.88. The molecule has 2 aromatic rings. The summed E-state index contributed by atoms with van der Waals surface area (Å²) in [5.74, 6) is 0.191. The molecule has 1 aliphatic rings. The lowest BCUT2D eigenvalue weighted by Gasteiger charge is -2.15. The molecule has 156 valence electrons. The maximum atomic E-state index is 12.4. The van der Waals surface area contributed by atoms with Gasteiger partial charge in [-0.2, -0.15) is 0 Å². The number of halogens is 1. The predicted molar refractivity (Wildman–Crippen MR) is 115 cm³/mol. The summed E-state index contributed by atoms with van der Waals surface area (Å²) >= 11 is 3.39. The standard InChI is InChI=1S/C21H25BrN2O4S/c1-15(16-6-8-17(22)9-7-16)23-21(25)14-28-19-10-12-20(13-11-19)29(26,27)24-18-4-2-3-5-18/h6-13,15,18,24H,2-5,14H2,1H3,(H,23,25). The van der Waals surface area contributed by atoms with E-state index in [0.717, 1.165) is 35.7 Å². The van der Waals surface area contributed by atoms with E-state index in [9.17, 15) is 13.2 Å². The summed E-state index contributed by atoms with van der Waals surface area (Å²) in [4.78, 5) is 12.3.